The number of hydrogen-bond acceptors (Lipinski definition) is 2. The maximum Gasteiger partial charge on any atom is 0.239 e. The lowest BCUT2D eigenvalue weighted by Gasteiger charge is -2.21. The van der Waals surface area contributed by atoms with E-state index in [-0.39, 0.29) is 29.8 Å². The van der Waals surface area contributed by atoms with Crippen molar-refractivity contribution in [1.29, 1.82) is 0 Å². The molecule has 0 aromatic heterocycles. The van der Waals surface area contributed by atoms with Crippen molar-refractivity contribution in [3.05, 3.63) is 35.9 Å². The zero-order valence-corrected chi connectivity index (χ0v) is 12.7. The lowest BCUT2D eigenvalue weighted by molar-refractivity contribution is -0.127. The molecule has 1 unspecified atom stereocenters. The van der Waals surface area contributed by atoms with Gasteiger partial charge >= 0.3 is 0 Å². The van der Waals surface area contributed by atoms with Crippen LogP contribution in [0.2, 0.25) is 0 Å². The summed E-state index contributed by atoms with van der Waals surface area (Å²) in [5.41, 5.74) is 0.689. The summed E-state index contributed by atoms with van der Waals surface area (Å²) < 4.78 is 0. The Morgan fingerprint density at radius 2 is 1.75 bits per heavy atom. The molecule has 4 heteroatoms. The average molecular weight is 276 g/mol. The smallest absolute Gasteiger partial charge is 0.239 e. The summed E-state index contributed by atoms with van der Waals surface area (Å²) in [5, 5.41) is 5.52. The predicted molar refractivity (Wildman–Crippen MR) is 80.4 cm³/mol. The molecule has 2 amide bonds. The van der Waals surface area contributed by atoms with Crippen molar-refractivity contribution < 1.29 is 9.59 Å². The van der Waals surface area contributed by atoms with E-state index in [2.05, 4.69) is 10.6 Å². The number of amides is 2. The van der Waals surface area contributed by atoms with Gasteiger partial charge in [-0.3, -0.25) is 9.59 Å². The normalized spacial score (nSPS) is 12.6. The number of nitrogens with one attached hydrogen (secondary N) is 2. The van der Waals surface area contributed by atoms with Crippen LogP contribution < -0.4 is 10.6 Å². The fourth-order valence-electron chi connectivity index (χ4n) is 2.01. The van der Waals surface area contributed by atoms with Crippen LogP contribution in [0.3, 0.4) is 0 Å². The Labute approximate surface area is 121 Å². The van der Waals surface area contributed by atoms with E-state index >= 15 is 0 Å². The molecule has 0 fully saturated rings. The first kappa shape index (κ1) is 16.2. The van der Waals surface area contributed by atoms with Gasteiger partial charge in [-0.1, -0.05) is 37.3 Å². The average Bonchev–Trinajstić information content (AvgIpc) is 2.36. The number of carbonyl (C=O) groups is 2. The van der Waals surface area contributed by atoms with Crippen molar-refractivity contribution >= 4 is 11.8 Å². The van der Waals surface area contributed by atoms with E-state index in [1.54, 1.807) is 0 Å². The molecule has 0 radical (unpaired) electrons. The fourth-order valence-corrected chi connectivity index (χ4v) is 2.01. The quantitative estimate of drug-likeness (QED) is 0.866. The molecule has 0 saturated carbocycles. The van der Waals surface area contributed by atoms with E-state index in [1.807, 2.05) is 58.0 Å². The van der Waals surface area contributed by atoms with Crippen molar-refractivity contribution in [2.24, 2.45) is 0 Å². The standard InChI is InChI=1S/C16H24N2O2/c1-5-13(12-9-7-6-8-10-12)15(20)17-11-14(19)18-16(2,3)4/h6-10,13H,5,11H2,1-4H3,(H,17,20)(H,18,19). The van der Waals surface area contributed by atoms with Crippen molar-refractivity contribution in [3.63, 3.8) is 0 Å². The molecule has 4 nitrogen and oxygen atoms in total. The third-order valence-electron chi connectivity index (χ3n) is 2.86. The third-order valence-corrected chi connectivity index (χ3v) is 2.86. The Morgan fingerprint density at radius 1 is 1.15 bits per heavy atom. The highest BCUT2D eigenvalue weighted by molar-refractivity contribution is 5.88. The van der Waals surface area contributed by atoms with Gasteiger partial charge < -0.3 is 10.6 Å². The minimum atomic E-state index is -0.286. The Bertz CT molecular complexity index is 449. The number of hydrogen-bond donors (Lipinski definition) is 2. The summed E-state index contributed by atoms with van der Waals surface area (Å²) >= 11 is 0. The van der Waals surface area contributed by atoms with Gasteiger partial charge in [-0.05, 0) is 32.8 Å². The Hall–Kier alpha value is -1.84. The van der Waals surface area contributed by atoms with E-state index in [1.165, 1.54) is 0 Å². The second-order valence-corrected chi connectivity index (χ2v) is 5.89. The maximum atomic E-state index is 12.2. The van der Waals surface area contributed by atoms with Crippen molar-refractivity contribution in [2.75, 3.05) is 6.54 Å². The molecule has 1 atom stereocenters. The van der Waals surface area contributed by atoms with E-state index in [4.69, 9.17) is 0 Å². The summed E-state index contributed by atoms with van der Waals surface area (Å²) in [6.45, 7) is 7.70. The highest BCUT2D eigenvalue weighted by atomic mass is 16.2. The molecule has 20 heavy (non-hydrogen) atoms. The van der Waals surface area contributed by atoms with Gasteiger partial charge in [0.1, 0.15) is 0 Å². The van der Waals surface area contributed by atoms with Crippen LogP contribution in [0.25, 0.3) is 0 Å². The molecule has 0 aliphatic carbocycles. The molecule has 1 rings (SSSR count). The van der Waals surface area contributed by atoms with Crippen LogP contribution in [-0.2, 0) is 9.59 Å². The first-order chi connectivity index (χ1) is 9.33. The summed E-state index contributed by atoms with van der Waals surface area (Å²) in [5.74, 6) is -0.491. The second-order valence-electron chi connectivity index (χ2n) is 5.89. The van der Waals surface area contributed by atoms with Gasteiger partial charge in [-0.15, -0.1) is 0 Å². The molecule has 0 aliphatic heterocycles. The Kier molecular flexibility index (Phi) is 5.74. The van der Waals surface area contributed by atoms with E-state index in [0.717, 1.165) is 5.56 Å². The molecule has 0 bridgehead atoms. The molecule has 0 heterocycles. The zero-order valence-electron chi connectivity index (χ0n) is 12.7. The van der Waals surface area contributed by atoms with Crippen LogP contribution in [0.1, 0.15) is 45.6 Å². The van der Waals surface area contributed by atoms with Gasteiger partial charge in [0.15, 0.2) is 0 Å². The van der Waals surface area contributed by atoms with Crippen molar-refractivity contribution in [1.82, 2.24) is 10.6 Å². The van der Waals surface area contributed by atoms with E-state index < -0.39 is 0 Å². The topological polar surface area (TPSA) is 58.2 Å². The Morgan fingerprint density at radius 3 is 2.25 bits per heavy atom. The minimum absolute atomic E-state index is 0.0133. The highest BCUT2D eigenvalue weighted by Crippen LogP contribution is 2.18. The minimum Gasteiger partial charge on any atom is -0.350 e. The Balaban J connectivity index is 2.55. The monoisotopic (exact) mass is 276 g/mol. The SMILES string of the molecule is CCC(C(=O)NCC(=O)NC(C)(C)C)c1ccccc1. The van der Waals surface area contributed by atoms with Gasteiger partial charge in [0.25, 0.3) is 0 Å². The van der Waals surface area contributed by atoms with Crippen molar-refractivity contribution in [2.45, 2.75) is 45.6 Å². The highest BCUT2D eigenvalue weighted by Gasteiger charge is 2.20. The molecule has 110 valence electrons. The van der Waals surface area contributed by atoms with Gasteiger partial charge in [-0.25, -0.2) is 0 Å². The van der Waals surface area contributed by atoms with Gasteiger partial charge in [0.2, 0.25) is 11.8 Å². The van der Waals surface area contributed by atoms with Gasteiger partial charge in [-0.2, -0.15) is 0 Å². The lowest BCUT2D eigenvalue weighted by atomic mass is 9.96. The zero-order chi connectivity index (χ0) is 15.2. The largest absolute Gasteiger partial charge is 0.350 e. The van der Waals surface area contributed by atoms with E-state index in [0.29, 0.717) is 6.42 Å². The van der Waals surface area contributed by atoms with Crippen LogP contribution in [0.5, 0.6) is 0 Å². The summed E-state index contributed by atoms with van der Waals surface area (Å²) in [6, 6.07) is 9.62. The van der Waals surface area contributed by atoms with Crippen molar-refractivity contribution in [3.8, 4) is 0 Å². The number of benzene rings is 1. The second kappa shape index (κ2) is 7.08. The van der Waals surface area contributed by atoms with E-state index in [9.17, 15) is 9.59 Å². The van der Waals surface area contributed by atoms with Crippen LogP contribution in [0.15, 0.2) is 30.3 Å². The maximum absolute atomic E-state index is 12.2. The predicted octanol–water partition coefficient (Wildman–Crippen LogP) is 2.21. The van der Waals surface area contributed by atoms with Crippen LogP contribution in [0.4, 0.5) is 0 Å². The molecule has 0 aliphatic rings. The first-order valence-electron chi connectivity index (χ1n) is 6.97. The fraction of sp³-hybridized carbons (Fsp3) is 0.500. The number of carbonyl (C=O) groups excluding carboxylic acids is 2. The van der Waals surface area contributed by atoms with Crippen LogP contribution in [0, 0.1) is 0 Å². The summed E-state index contributed by atoms with van der Waals surface area (Å²) in [7, 11) is 0. The summed E-state index contributed by atoms with van der Waals surface area (Å²) in [4.78, 5) is 23.8. The molecule has 0 spiro atoms. The number of rotatable bonds is 5. The van der Waals surface area contributed by atoms with Gasteiger partial charge in [0, 0.05) is 5.54 Å². The van der Waals surface area contributed by atoms with Crippen LogP contribution >= 0.6 is 0 Å². The molecular weight excluding hydrogens is 252 g/mol. The molecule has 0 saturated heterocycles. The first-order valence-corrected chi connectivity index (χ1v) is 6.97. The molecule has 2 N–H and O–H groups in total. The lowest BCUT2D eigenvalue weighted by Crippen LogP contribution is -2.46. The molecule has 1 aromatic rings. The molecule has 1 aromatic carbocycles. The van der Waals surface area contributed by atoms with Crippen LogP contribution in [-0.4, -0.2) is 23.9 Å². The molecular formula is C16H24N2O2. The summed E-state index contributed by atoms with van der Waals surface area (Å²) in [6.07, 6.45) is 0.705. The third kappa shape index (κ3) is 5.43. The van der Waals surface area contributed by atoms with Gasteiger partial charge in [0.05, 0.1) is 12.5 Å².